The number of nitrogens with zero attached hydrogens (tertiary/aromatic N) is 1. The van der Waals surface area contributed by atoms with Gasteiger partial charge in [-0.2, -0.15) is 0 Å². The first-order valence-corrected chi connectivity index (χ1v) is 8.98. The fraction of sp³-hybridized carbons (Fsp3) is 0.316. The van der Waals surface area contributed by atoms with Gasteiger partial charge in [0.1, 0.15) is 11.5 Å². The molecule has 1 fully saturated rings. The molecule has 1 aliphatic heterocycles. The van der Waals surface area contributed by atoms with E-state index in [2.05, 4.69) is 15.9 Å². The first-order valence-electron chi connectivity index (χ1n) is 8.18. The molecule has 0 atom stereocenters. The molecule has 1 aliphatic rings. The quantitative estimate of drug-likeness (QED) is 0.858. The fourth-order valence-corrected chi connectivity index (χ4v) is 3.26. The molecule has 0 bridgehead atoms. The minimum atomic E-state index is 0.0828. The minimum Gasteiger partial charge on any atom is -0.457 e. The van der Waals surface area contributed by atoms with Gasteiger partial charge in [0.05, 0.1) is 0 Å². The number of amides is 1. The molecule has 0 unspecified atom stereocenters. The van der Waals surface area contributed by atoms with Crippen molar-refractivity contribution in [2.45, 2.75) is 12.8 Å². The molecule has 2 N–H and O–H groups in total. The summed E-state index contributed by atoms with van der Waals surface area (Å²) in [4.78, 5) is 14.5. The van der Waals surface area contributed by atoms with Crippen LogP contribution in [0.1, 0.15) is 23.2 Å². The average Bonchev–Trinajstić information content (AvgIpc) is 2.62. The van der Waals surface area contributed by atoms with Crippen LogP contribution in [0.25, 0.3) is 0 Å². The van der Waals surface area contributed by atoms with Gasteiger partial charge in [-0.3, -0.25) is 4.79 Å². The molecule has 2 aromatic carbocycles. The summed E-state index contributed by atoms with van der Waals surface area (Å²) in [6.45, 7) is 2.29. The molecule has 0 spiro atoms. The van der Waals surface area contributed by atoms with Gasteiger partial charge in [0.15, 0.2) is 0 Å². The Hall–Kier alpha value is -1.85. The van der Waals surface area contributed by atoms with Crippen molar-refractivity contribution in [1.29, 1.82) is 0 Å². The molecule has 3 rings (SSSR count). The highest BCUT2D eigenvalue weighted by atomic mass is 79.9. The van der Waals surface area contributed by atoms with E-state index in [1.165, 1.54) is 0 Å². The Morgan fingerprint density at radius 3 is 2.46 bits per heavy atom. The number of carbonyl (C=O) groups is 1. The maximum atomic E-state index is 12.6. The molecule has 1 saturated heterocycles. The molecule has 0 aliphatic carbocycles. The van der Waals surface area contributed by atoms with Crippen LogP contribution in [0.15, 0.2) is 53.0 Å². The van der Waals surface area contributed by atoms with Gasteiger partial charge in [-0.1, -0.05) is 22.0 Å². The summed E-state index contributed by atoms with van der Waals surface area (Å²) >= 11 is 3.42. The summed E-state index contributed by atoms with van der Waals surface area (Å²) in [6.07, 6.45) is 1.98. The molecule has 24 heavy (non-hydrogen) atoms. The van der Waals surface area contributed by atoms with Gasteiger partial charge in [-0.25, -0.2) is 0 Å². The van der Waals surface area contributed by atoms with Crippen molar-refractivity contribution < 1.29 is 9.53 Å². The standard InChI is InChI=1S/C19H21BrN2O2/c20-16-2-1-3-18(12-16)24-17-6-4-15(5-7-17)19(23)22-10-8-14(13-21)9-11-22/h1-7,12,14H,8-11,13,21H2. The number of carbonyl (C=O) groups excluding carboxylic acids is 1. The Labute approximate surface area is 150 Å². The number of hydrogen-bond donors (Lipinski definition) is 1. The number of ether oxygens (including phenoxy) is 1. The van der Waals surface area contributed by atoms with Crippen LogP contribution in [0.2, 0.25) is 0 Å². The summed E-state index contributed by atoms with van der Waals surface area (Å²) in [5.41, 5.74) is 6.40. The van der Waals surface area contributed by atoms with Crippen LogP contribution in [0.3, 0.4) is 0 Å². The van der Waals surface area contributed by atoms with Crippen molar-refractivity contribution in [3.8, 4) is 11.5 Å². The zero-order chi connectivity index (χ0) is 16.9. The highest BCUT2D eigenvalue weighted by Gasteiger charge is 2.22. The Kier molecular flexibility index (Phi) is 5.53. The van der Waals surface area contributed by atoms with Gasteiger partial charge in [0, 0.05) is 23.1 Å². The maximum absolute atomic E-state index is 12.6. The Bertz CT molecular complexity index is 695. The van der Waals surface area contributed by atoms with Crippen molar-refractivity contribution >= 4 is 21.8 Å². The van der Waals surface area contributed by atoms with Gasteiger partial charge in [-0.05, 0) is 67.8 Å². The van der Waals surface area contributed by atoms with Gasteiger partial charge < -0.3 is 15.4 Å². The van der Waals surface area contributed by atoms with Gasteiger partial charge >= 0.3 is 0 Å². The zero-order valence-corrected chi connectivity index (χ0v) is 15.0. The third kappa shape index (κ3) is 4.16. The molecule has 1 amide bonds. The molecule has 4 nitrogen and oxygen atoms in total. The summed E-state index contributed by atoms with van der Waals surface area (Å²) in [5, 5.41) is 0. The molecule has 5 heteroatoms. The molecule has 0 saturated carbocycles. The first-order chi connectivity index (χ1) is 11.7. The highest BCUT2D eigenvalue weighted by Crippen LogP contribution is 2.25. The van der Waals surface area contributed by atoms with Crippen molar-refractivity contribution in [3.63, 3.8) is 0 Å². The smallest absolute Gasteiger partial charge is 0.253 e. The topological polar surface area (TPSA) is 55.6 Å². The lowest BCUT2D eigenvalue weighted by atomic mass is 9.96. The van der Waals surface area contributed by atoms with Crippen molar-refractivity contribution in [1.82, 2.24) is 4.90 Å². The summed E-state index contributed by atoms with van der Waals surface area (Å²) in [5.74, 6) is 2.10. The average molecular weight is 389 g/mol. The van der Waals surface area contributed by atoms with E-state index < -0.39 is 0 Å². The van der Waals surface area contributed by atoms with Gasteiger partial charge in [0.25, 0.3) is 5.91 Å². The van der Waals surface area contributed by atoms with Crippen LogP contribution >= 0.6 is 15.9 Å². The van der Waals surface area contributed by atoms with E-state index in [0.717, 1.165) is 36.2 Å². The van der Waals surface area contributed by atoms with E-state index in [1.54, 1.807) is 0 Å². The van der Waals surface area contributed by atoms with Crippen LogP contribution in [0.4, 0.5) is 0 Å². The van der Waals surface area contributed by atoms with E-state index in [9.17, 15) is 4.79 Å². The second-order valence-corrected chi connectivity index (χ2v) is 6.97. The molecule has 1 heterocycles. The Morgan fingerprint density at radius 2 is 1.83 bits per heavy atom. The first kappa shape index (κ1) is 17.0. The lowest BCUT2D eigenvalue weighted by Gasteiger charge is -2.31. The number of piperidine rings is 1. The molecule has 0 aromatic heterocycles. The molecular weight excluding hydrogens is 368 g/mol. The van der Waals surface area contributed by atoms with Crippen LogP contribution in [0.5, 0.6) is 11.5 Å². The Morgan fingerprint density at radius 1 is 1.12 bits per heavy atom. The van der Waals surface area contributed by atoms with Crippen molar-refractivity contribution in [2.75, 3.05) is 19.6 Å². The minimum absolute atomic E-state index is 0.0828. The number of likely N-dealkylation sites (tertiary alicyclic amines) is 1. The van der Waals surface area contributed by atoms with Crippen LogP contribution in [-0.4, -0.2) is 30.4 Å². The normalized spacial score (nSPS) is 15.3. The van der Waals surface area contributed by atoms with E-state index in [0.29, 0.717) is 23.8 Å². The maximum Gasteiger partial charge on any atom is 0.253 e. The second kappa shape index (κ2) is 7.81. The van der Waals surface area contributed by atoms with E-state index in [-0.39, 0.29) is 5.91 Å². The van der Waals surface area contributed by atoms with Crippen LogP contribution < -0.4 is 10.5 Å². The third-order valence-electron chi connectivity index (χ3n) is 4.37. The number of halogens is 1. The van der Waals surface area contributed by atoms with E-state index in [4.69, 9.17) is 10.5 Å². The number of rotatable bonds is 4. The Balaban J connectivity index is 1.63. The van der Waals surface area contributed by atoms with Crippen LogP contribution in [0, 0.1) is 5.92 Å². The second-order valence-electron chi connectivity index (χ2n) is 6.06. The number of nitrogens with two attached hydrogens (primary N) is 1. The molecule has 126 valence electrons. The summed E-state index contributed by atoms with van der Waals surface area (Å²) < 4.78 is 6.76. The summed E-state index contributed by atoms with van der Waals surface area (Å²) in [7, 11) is 0. The highest BCUT2D eigenvalue weighted by molar-refractivity contribution is 9.10. The fourth-order valence-electron chi connectivity index (χ4n) is 2.89. The van der Waals surface area contributed by atoms with Gasteiger partial charge in [0.2, 0.25) is 0 Å². The number of benzene rings is 2. The monoisotopic (exact) mass is 388 g/mol. The van der Waals surface area contributed by atoms with E-state index in [1.807, 2.05) is 53.4 Å². The molecular formula is C19H21BrN2O2. The van der Waals surface area contributed by atoms with Crippen molar-refractivity contribution in [3.05, 3.63) is 58.6 Å². The SMILES string of the molecule is NCC1CCN(C(=O)c2ccc(Oc3cccc(Br)c3)cc2)CC1. The summed E-state index contributed by atoms with van der Waals surface area (Å²) in [6, 6.07) is 15.0. The zero-order valence-electron chi connectivity index (χ0n) is 13.5. The third-order valence-corrected chi connectivity index (χ3v) is 4.86. The lowest BCUT2D eigenvalue weighted by Crippen LogP contribution is -2.40. The molecule has 2 aromatic rings. The van der Waals surface area contributed by atoms with Crippen LogP contribution in [-0.2, 0) is 0 Å². The largest absolute Gasteiger partial charge is 0.457 e. The predicted octanol–water partition coefficient (Wildman–Crippen LogP) is 4.05. The van der Waals surface area contributed by atoms with Gasteiger partial charge in [-0.15, -0.1) is 0 Å². The van der Waals surface area contributed by atoms with E-state index >= 15 is 0 Å². The molecule has 0 radical (unpaired) electrons. The van der Waals surface area contributed by atoms with Crippen molar-refractivity contribution in [2.24, 2.45) is 11.7 Å². The predicted molar refractivity (Wildman–Crippen MR) is 98.3 cm³/mol. The lowest BCUT2D eigenvalue weighted by molar-refractivity contribution is 0.0693. The number of hydrogen-bond acceptors (Lipinski definition) is 3.